The van der Waals surface area contributed by atoms with E-state index in [4.69, 9.17) is 14.3 Å². The minimum absolute atomic E-state index is 0.0285. The van der Waals surface area contributed by atoms with Gasteiger partial charge in [-0.25, -0.2) is 10.3 Å². The summed E-state index contributed by atoms with van der Waals surface area (Å²) >= 11 is 0. The van der Waals surface area contributed by atoms with Gasteiger partial charge in [0.15, 0.2) is 0 Å². The number of nitrogens with one attached hydrogen (secondary N) is 1. The van der Waals surface area contributed by atoms with Gasteiger partial charge in [-0.15, -0.1) is 10.2 Å². The standard InChI is InChI=1S/C23H30N4O4/c1-16-6-8-18(9-7-16)17(2)26-31-21-11-10-20(24-25-21)29-19-12-14-27(15-13-19)22(28)30-23(3,4)5/h6-11,19,26H,2,12-15H2,1,3-5H3. The Morgan fingerprint density at radius 2 is 1.68 bits per heavy atom. The van der Waals surface area contributed by atoms with E-state index in [2.05, 4.69) is 22.3 Å². The molecule has 166 valence electrons. The summed E-state index contributed by atoms with van der Waals surface area (Å²) in [5.74, 6) is 0.723. The van der Waals surface area contributed by atoms with E-state index in [-0.39, 0.29) is 12.2 Å². The van der Waals surface area contributed by atoms with E-state index in [1.807, 2.05) is 52.0 Å². The molecular formula is C23H30N4O4. The van der Waals surface area contributed by atoms with Gasteiger partial charge < -0.3 is 19.2 Å². The average molecular weight is 427 g/mol. The van der Waals surface area contributed by atoms with Crippen LogP contribution in [0.2, 0.25) is 0 Å². The van der Waals surface area contributed by atoms with E-state index in [9.17, 15) is 4.79 Å². The Bertz CT molecular complexity index is 883. The Morgan fingerprint density at radius 3 is 2.26 bits per heavy atom. The number of nitrogens with zero attached hydrogens (tertiary/aromatic N) is 3. The van der Waals surface area contributed by atoms with Gasteiger partial charge in [0.25, 0.3) is 5.88 Å². The average Bonchev–Trinajstić information content (AvgIpc) is 2.73. The molecule has 0 unspecified atom stereocenters. The molecule has 1 aliphatic rings. The lowest BCUT2D eigenvalue weighted by Crippen LogP contribution is -2.44. The van der Waals surface area contributed by atoms with Crippen LogP contribution < -0.4 is 15.1 Å². The van der Waals surface area contributed by atoms with Gasteiger partial charge in [0, 0.05) is 43.6 Å². The second-order valence-corrected chi connectivity index (χ2v) is 8.54. The summed E-state index contributed by atoms with van der Waals surface area (Å²) in [5.41, 5.74) is 5.01. The molecule has 1 aliphatic heterocycles. The molecule has 0 radical (unpaired) electrons. The van der Waals surface area contributed by atoms with E-state index < -0.39 is 5.60 Å². The minimum atomic E-state index is -0.495. The molecule has 0 saturated carbocycles. The first-order valence-corrected chi connectivity index (χ1v) is 10.4. The van der Waals surface area contributed by atoms with Crippen molar-refractivity contribution in [1.29, 1.82) is 0 Å². The number of aryl methyl sites for hydroxylation is 1. The Kier molecular flexibility index (Phi) is 6.99. The molecule has 2 heterocycles. The van der Waals surface area contributed by atoms with E-state index in [0.717, 1.165) is 5.56 Å². The second kappa shape index (κ2) is 9.68. The molecule has 1 fully saturated rings. The summed E-state index contributed by atoms with van der Waals surface area (Å²) in [6, 6.07) is 11.3. The number of likely N-dealkylation sites (tertiary alicyclic amines) is 1. The van der Waals surface area contributed by atoms with Gasteiger partial charge in [-0.2, -0.15) is 0 Å². The summed E-state index contributed by atoms with van der Waals surface area (Å²) < 4.78 is 11.3. The van der Waals surface area contributed by atoms with Gasteiger partial charge >= 0.3 is 6.09 Å². The van der Waals surface area contributed by atoms with Gasteiger partial charge in [-0.3, -0.25) is 0 Å². The summed E-state index contributed by atoms with van der Waals surface area (Å²) in [6.07, 6.45) is 1.10. The van der Waals surface area contributed by atoms with E-state index >= 15 is 0 Å². The summed E-state index contributed by atoms with van der Waals surface area (Å²) in [7, 11) is 0. The molecule has 1 aromatic heterocycles. The van der Waals surface area contributed by atoms with Crippen molar-refractivity contribution < 1.29 is 19.1 Å². The number of amides is 1. The summed E-state index contributed by atoms with van der Waals surface area (Å²) in [5, 5.41) is 8.09. The van der Waals surface area contributed by atoms with Crippen LogP contribution in [0.15, 0.2) is 43.0 Å². The first-order valence-electron chi connectivity index (χ1n) is 10.4. The molecule has 2 aromatic rings. The zero-order valence-corrected chi connectivity index (χ0v) is 18.6. The molecule has 0 spiro atoms. The molecular weight excluding hydrogens is 396 g/mol. The number of piperidine rings is 1. The van der Waals surface area contributed by atoms with Crippen LogP contribution in [-0.4, -0.2) is 46.0 Å². The molecule has 1 amide bonds. The lowest BCUT2D eigenvalue weighted by molar-refractivity contribution is 0.0122. The Morgan fingerprint density at radius 1 is 1.06 bits per heavy atom. The largest absolute Gasteiger partial charge is 0.473 e. The van der Waals surface area contributed by atoms with E-state index in [1.54, 1.807) is 17.0 Å². The maximum absolute atomic E-state index is 12.1. The highest BCUT2D eigenvalue weighted by atomic mass is 16.7. The topological polar surface area (TPSA) is 85.8 Å². The van der Waals surface area contributed by atoms with Gasteiger partial charge in [-0.05, 0) is 27.7 Å². The molecule has 8 heteroatoms. The molecule has 8 nitrogen and oxygen atoms in total. The molecule has 1 saturated heterocycles. The van der Waals surface area contributed by atoms with Gasteiger partial charge in [-0.1, -0.05) is 36.4 Å². The molecule has 3 rings (SSSR count). The maximum atomic E-state index is 12.1. The normalized spacial score (nSPS) is 14.6. The quantitative estimate of drug-likeness (QED) is 0.696. The van der Waals surface area contributed by atoms with Crippen molar-refractivity contribution in [3.63, 3.8) is 0 Å². The van der Waals surface area contributed by atoms with Crippen LogP contribution in [0.1, 0.15) is 44.7 Å². The van der Waals surface area contributed by atoms with Crippen molar-refractivity contribution >= 4 is 11.8 Å². The van der Waals surface area contributed by atoms with Crippen molar-refractivity contribution in [1.82, 2.24) is 20.6 Å². The zero-order valence-electron chi connectivity index (χ0n) is 18.6. The first-order chi connectivity index (χ1) is 14.7. The third-order valence-corrected chi connectivity index (χ3v) is 4.68. The predicted octanol–water partition coefficient (Wildman–Crippen LogP) is 4.12. The molecule has 1 aromatic carbocycles. The van der Waals surface area contributed by atoms with Crippen LogP contribution in [-0.2, 0) is 4.74 Å². The second-order valence-electron chi connectivity index (χ2n) is 8.54. The monoisotopic (exact) mass is 426 g/mol. The van der Waals surface area contributed by atoms with Crippen LogP contribution in [0.5, 0.6) is 11.8 Å². The number of rotatable bonds is 6. The van der Waals surface area contributed by atoms with Crippen LogP contribution in [0.25, 0.3) is 5.70 Å². The predicted molar refractivity (Wildman–Crippen MR) is 117 cm³/mol. The fourth-order valence-corrected chi connectivity index (χ4v) is 3.01. The van der Waals surface area contributed by atoms with Crippen LogP contribution in [0, 0.1) is 6.92 Å². The van der Waals surface area contributed by atoms with E-state index in [1.165, 1.54) is 5.56 Å². The number of hydrogen-bond acceptors (Lipinski definition) is 7. The smallest absolute Gasteiger partial charge is 0.410 e. The number of hydroxylamine groups is 1. The highest BCUT2D eigenvalue weighted by molar-refractivity contribution is 5.68. The number of aromatic nitrogens is 2. The van der Waals surface area contributed by atoms with Crippen molar-refractivity contribution in [2.75, 3.05) is 13.1 Å². The molecule has 31 heavy (non-hydrogen) atoms. The Labute approximate surface area is 183 Å². The summed E-state index contributed by atoms with van der Waals surface area (Å²) in [4.78, 5) is 19.3. The number of ether oxygens (including phenoxy) is 2. The SMILES string of the molecule is C=C(NOc1ccc(OC2CCN(C(=O)OC(C)(C)C)CC2)nn1)c1ccc(C)cc1. The highest BCUT2D eigenvalue weighted by Gasteiger charge is 2.27. The maximum Gasteiger partial charge on any atom is 0.410 e. The van der Waals surface area contributed by atoms with Gasteiger partial charge in [0.1, 0.15) is 11.7 Å². The van der Waals surface area contributed by atoms with E-state index in [0.29, 0.717) is 43.4 Å². The van der Waals surface area contributed by atoms with Crippen molar-refractivity contribution in [2.45, 2.75) is 52.2 Å². The Balaban J connectivity index is 1.43. The lowest BCUT2D eigenvalue weighted by atomic mass is 10.1. The summed E-state index contributed by atoms with van der Waals surface area (Å²) in [6.45, 7) is 12.7. The number of benzene rings is 1. The molecule has 1 N–H and O–H groups in total. The number of carbonyl (C=O) groups is 1. The number of hydrogen-bond donors (Lipinski definition) is 1. The lowest BCUT2D eigenvalue weighted by Gasteiger charge is -2.33. The molecule has 0 aliphatic carbocycles. The van der Waals surface area contributed by atoms with Gasteiger partial charge in [0.05, 0.1) is 5.70 Å². The molecule has 0 bridgehead atoms. The number of carbonyl (C=O) groups excluding carboxylic acids is 1. The van der Waals surface area contributed by atoms with Crippen molar-refractivity contribution in [3.8, 4) is 11.8 Å². The Hall–Kier alpha value is -3.29. The van der Waals surface area contributed by atoms with Crippen LogP contribution >= 0.6 is 0 Å². The third-order valence-electron chi connectivity index (χ3n) is 4.68. The fraction of sp³-hybridized carbons (Fsp3) is 0.435. The van der Waals surface area contributed by atoms with Crippen molar-refractivity contribution in [2.24, 2.45) is 0 Å². The zero-order chi connectivity index (χ0) is 22.4. The van der Waals surface area contributed by atoms with Crippen molar-refractivity contribution in [3.05, 3.63) is 54.1 Å². The van der Waals surface area contributed by atoms with Gasteiger partial charge in [0.2, 0.25) is 5.88 Å². The van der Waals surface area contributed by atoms with Crippen LogP contribution in [0.4, 0.5) is 4.79 Å². The fourth-order valence-electron chi connectivity index (χ4n) is 3.01. The first kappa shape index (κ1) is 22.4. The van der Waals surface area contributed by atoms with Crippen LogP contribution in [0.3, 0.4) is 0 Å². The third kappa shape index (κ3) is 6.87. The highest BCUT2D eigenvalue weighted by Crippen LogP contribution is 2.20. The minimum Gasteiger partial charge on any atom is -0.473 e. The molecule has 0 atom stereocenters.